The molecular weight excluding hydrogens is 348 g/mol. The number of hydrogen-bond donors (Lipinski definition) is 1. The summed E-state index contributed by atoms with van der Waals surface area (Å²) < 4.78 is 2.21. The van der Waals surface area contributed by atoms with Gasteiger partial charge in [0, 0.05) is 48.7 Å². The van der Waals surface area contributed by atoms with Crippen LogP contribution < -0.4 is 0 Å². The lowest BCUT2D eigenvalue weighted by molar-refractivity contribution is 0.154. The molecule has 3 aromatic rings. The molecule has 26 heavy (non-hydrogen) atoms. The molecule has 2 aliphatic heterocycles. The molecule has 5 heterocycles. The van der Waals surface area contributed by atoms with E-state index in [0.29, 0.717) is 17.6 Å². The molecule has 2 unspecified atom stereocenters. The first kappa shape index (κ1) is 16.2. The zero-order valence-corrected chi connectivity index (χ0v) is 15.2. The summed E-state index contributed by atoms with van der Waals surface area (Å²) in [6.07, 6.45) is 8.09. The maximum Gasteiger partial charge on any atom is 0.140 e. The first-order chi connectivity index (χ1) is 12.7. The average Bonchev–Trinajstić information content (AvgIpc) is 3.23. The van der Waals surface area contributed by atoms with Gasteiger partial charge >= 0.3 is 0 Å². The lowest BCUT2D eigenvalue weighted by Gasteiger charge is -2.31. The van der Waals surface area contributed by atoms with Gasteiger partial charge in [-0.3, -0.25) is 9.88 Å². The summed E-state index contributed by atoms with van der Waals surface area (Å²) in [5.74, 6) is 0. The fourth-order valence-electron chi connectivity index (χ4n) is 4.55. The SMILES string of the molecule is OC(Cn1c2c(c3cc(Cl)cnc31)CN1CCCC1C2)c1ccncc1. The summed E-state index contributed by atoms with van der Waals surface area (Å²) in [5, 5.41) is 12.6. The molecule has 5 nitrogen and oxygen atoms in total. The minimum atomic E-state index is -0.586. The number of halogens is 1. The lowest BCUT2D eigenvalue weighted by Crippen LogP contribution is -2.36. The fourth-order valence-corrected chi connectivity index (χ4v) is 4.70. The number of aliphatic hydroxyl groups excluding tert-OH is 1. The summed E-state index contributed by atoms with van der Waals surface area (Å²) >= 11 is 6.24. The van der Waals surface area contributed by atoms with Gasteiger partial charge in [0.1, 0.15) is 5.65 Å². The van der Waals surface area contributed by atoms with E-state index >= 15 is 0 Å². The summed E-state index contributed by atoms with van der Waals surface area (Å²) in [6, 6.07) is 6.37. The van der Waals surface area contributed by atoms with Crippen molar-refractivity contribution < 1.29 is 5.11 Å². The Morgan fingerprint density at radius 3 is 3.00 bits per heavy atom. The minimum absolute atomic E-state index is 0.497. The Morgan fingerprint density at radius 2 is 2.15 bits per heavy atom. The van der Waals surface area contributed by atoms with Crippen molar-refractivity contribution in [1.82, 2.24) is 19.4 Å². The molecule has 5 rings (SSSR count). The molecule has 1 saturated heterocycles. The number of nitrogens with zero attached hydrogens (tertiary/aromatic N) is 4. The van der Waals surface area contributed by atoms with Crippen LogP contribution in [0.25, 0.3) is 11.0 Å². The van der Waals surface area contributed by atoms with Gasteiger partial charge in [0.2, 0.25) is 0 Å². The van der Waals surface area contributed by atoms with E-state index in [2.05, 4.69) is 19.4 Å². The standard InChI is InChI=1S/C20H21ClN4O/c21-14-8-16-17-11-24-7-1-2-15(24)9-18(17)25(20(16)23-10-14)12-19(26)13-3-5-22-6-4-13/h3-6,8,10,15,19,26H,1-2,7,9,11-12H2. The topological polar surface area (TPSA) is 54.2 Å². The van der Waals surface area contributed by atoms with Crippen LogP contribution in [-0.4, -0.2) is 37.1 Å². The van der Waals surface area contributed by atoms with Crippen LogP contribution in [0.4, 0.5) is 0 Å². The number of fused-ring (bicyclic) bond motifs is 4. The molecule has 1 fully saturated rings. The van der Waals surface area contributed by atoms with Gasteiger partial charge in [0.05, 0.1) is 17.7 Å². The van der Waals surface area contributed by atoms with Gasteiger partial charge in [-0.25, -0.2) is 4.98 Å². The highest BCUT2D eigenvalue weighted by molar-refractivity contribution is 6.31. The molecule has 0 saturated carbocycles. The van der Waals surface area contributed by atoms with Gasteiger partial charge in [0.15, 0.2) is 0 Å². The molecule has 2 atom stereocenters. The van der Waals surface area contributed by atoms with E-state index in [1.165, 1.54) is 30.6 Å². The number of hydrogen-bond acceptors (Lipinski definition) is 4. The van der Waals surface area contributed by atoms with Crippen LogP contribution in [0.15, 0.2) is 36.8 Å². The highest BCUT2D eigenvalue weighted by Crippen LogP contribution is 2.37. The molecular formula is C20H21ClN4O. The van der Waals surface area contributed by atoms with E-state index in [-0.39, 0.29) is 0 Å². The van der Waals surface area contributed by atoms with Crippen molar-refractivity contribution >= 4 is 22.6 Å². The average molecular weight is 369 g/mol. The molecule has 1 N–H and O–H groups in total. The van der Waals surface area contributed by atoms with Crippen molar-refractivity contribution in [2.45, 2.75) is 44.5 Å². The van der Waals surface area contributed by atoms with E-state index in [1.54, 1.807) is 18.6 Å². The summed E-state index contributed by atoms with van der Waals surface area (Å²) in [7, 11) is 0. The van der Waals surface area contributed by atoms with E-state index < -0.39 is 6.10 Å². The Balaban J connectivity index is 1.60. The zero-order chi connectivity index (χ0) is 17.7. The Bertz CT molecular complexity index is 955. The Hall–Kier alpha value is -1.95. The van der Waals surface area contributed by atoms with Crippen LogP contribution in [0.2, 0.25) is 5.02 Å². The number of aromatic nitrogens is 3. The largest absolute Gasteiger partial charge is 0.387 e. The smallest absolute Gasteiger partial charge is 0.140 e. The second-order valence-corrected chi connectivity index (χ2v) is 7.76. The van der Waals surface area contributed by atoms with Crippen molar-refractivity contribution in [2.75, 3.05) is 6.54 Å². The van der Waals surface area contributed by atoms with Crippen LogP contribution in [0.3, 0.4) is 0 Å². The summed E-state index contributed by atoms with van der Waals surface area (Å²) in [6.45, 7) is 2.62. The Labute approximate surface area is 157 Å². The number of pyridine rings is 2. The normalized spacial score (nSPS) is 20.9. The molecule has 134 valence electrons. The summed E-state index contributed by atoms with van der Waals surface area (Å²) in [4.78, 5) is 11.2. The van der Waals surface area contributed by atoms with Gasteiger partial charge < -0.3 is 9.67 Å². The maximum absolute atomic E-state index is 10.8. The Morgan fingerprint density at radius 1 is 1.31 bits per heavy atom. The van der Waals surface area contributed by atoms with Crippen molar-refractivity contribution in [1.29, 1.82) is 0 Å². The van der Waals surface area contributed by atoms with E-state index in [1.807, 2.05) is 18.2 Å². The van der Waals surface area contributed by atoms with Gasteiger partial charge in [-0.2, -0.15) is 0 Å². The van der Waals surface area contributed by atoms with Gasteiger partial charge in [-0.1, -0.05) is 11.6 Å². The van der Waals surface area contributed by atoms with Crippen LogP contribution in [0.5, 0.6) is 0 Å². The zero-order valence-electron chi connectivity index (χ0n) is 14.5. The second-order valence-electron chi connectivity index (χ2n) is 7.33. The molecule has 2 aliphatic rings. The minimum Gasteiger partial charge on any atom is -0.387 e. The van der Waals surface area contributed by atoms with Crippen molar-refractivity contribution in [3.63, 3.8) is 0 Å². The number of rotatable bonds is 3. The number of aliphatic hydroxyl groups is 1. The maximum atomic E-state index is 10.8. The third-order valence-corrected chi connectivity index (χ3v) is 6.03. The predicted octanol–water partition coefficient (Wildman–Crippen LogP) is 3.34. The fraction of sp³-hybridized carbons (Fsp3) is 0.400. The van der Waals surface area contributed by atoms with E-state index in [0.717, 1.165) is 29.6 Å². The molecule has 0 radical (unpaired) electrons. The summed E-state index contributed by atoms with van der Waals surface area (Å²) in [5.41, 5.74) is 4.44. The first-order valence-electron chi connectivity index (χ1n) is 9.18. The van der Waals surface area contributed by atoms with Gasteiger partial charge in [0.25, 0.3) is 0 Å². The van der Waals surface area contributed by atoms with E-state index in [9.17, 15) is 5.11 Å². The Kier molecular flexibility index (Phi) is 3.96. The van der Waals surface area contributed by atoms with E-state index in [4.69, 9.17) is 11.6 Å². The third-order valence-electron chi connectivity index (χ3n) is 5.82. The molecule has 0 bridgehead atoms. The van der Waals surface area contributed by atoms with Crippen LogP contribution in [-0.2, 0) is 19.5 Å². The van der Waals surface area contributed by atoms with Gasteiger partial charge in [-0.15, -0.1) is 0 Å². The molecule has 0 aromatic carbocycles. The highest BCUT2D eigenvalue weighted by Gasteiger charge is 2.34. The highest BCUT2D eigenvalue weighted by atomic mass is 35.5. The van der Waals surface area contributed by atoms with Crippen molar-refractivity contribution in [2.24, 2.45) is 0 Å². The molecule has 6 heteroatoms. The molecule has 0 spiro atoms. The monoisotopic (exact) mass is 368 g/mol. The first-order valence-corrected chi connectivity index (χ1v) is 9.56. The van der Waals surface area contributed by atoms with Crippen LogP contribution in [0, 0.1) is 0 Å². The van der Waals surface area contributed by atoms with Gasteiger partial charge in [-0.05, 0) is 48.7 Å². The lowest BCUT2D eigenvalue weighted by atomic mass is 9.99. The quantitative estimate of drug-likeness (QED) is 0.770. The van der Waals surface area contributed by atoms with Crippen LogP contribution >= 0.6 is 11.6 Å². The van der Waals surface area contributed by atoms with Crippen molar-refractivity contribution in [3.05, 3.63) is 58.6 Å². The predicted molar refractivity (Wildman–Crippen MR) is 101 cm³/mol. The molecule has 3 aromatic heterocycles. The van der Waals surface area contributed by atoms with Crippen molar-refractivity contribution in [3.8, 4) is 0 Å². The van der Waals surface area contributed by atoms with Crippen LogP contribution in [0.1, 0.15) is 35.8 Å². The molecule has 0 amide bonds. The third kappa shape index (κ3) is 2.62. The molecule has 0 aliphatic carbocycles. The second kappa shape index (κ2) is 6.34.